The van der Waals surface area contributed by atoms with Gasteiger partial charge in [0.1, 0.15) is 12.1 Å². The van der Waals surface area contributed by atoms with E-state index in [0.29, 0.717) is 30.6 Å². The average molecular weight is 414 g/mol. The number of halogens is 1. The smallest absolute Gasteiger partial charge is 0.231 e. The molecule has 2 aliphatic rings. The number of aryl methyl sites for hydroxylation is 1. The van der Waals surface area contributed by atoms with Gasteiger partial charge in [-0.1, -0.05) is 30.7 Å². The molecule has 0 radical (unpaired) electrons. The molecule has 4 rings (SSSR count). The molecule has 1 aliphatic heterocycles. The molecule has 154 valence electrons. The lowest BCUT2D eigenvalue weighted by Crippen LogP contribution is -2.51. The normalized spacial score (nSPS) is 19.9. The van der Waals surface area contributed by atoms with Crippen LogP contribution in [0.1, 0.15) is 42.0 Å². The van der Waals surface area contributed by atoms with E-state index in [1.165, 1.54) is 11.3 Å². The SMILES string of the molecule is CNC[C@@H](C(=O)N1CCN(c2ncnc3c2[C@H](C)CC3)CC1)c1ccc(Cl)cc1. The number of hydrogen-bond acceptors (Lipinski definition) is 5. The van der Waals surface area contributed by atoms with Gasteiger partial charge >= 0.3 is 0 Å². The number of fused-ring (bicyclic) bond motifs is 1. The Hall–Kier alpha value is -2.18. The molecule has 1 amide bonds. The van der Waals surface area contributed by atoms with E-state index in [-0.39, 0.29) is 11.8 Å². The summed E-state index contributed by atoms with van der Waals surface area (Å²) >= 11 is 6.02. The van der Waals surface area contributed by atoms with Crippen LogP contribution in [-0.2, 0) is 11.2 Å². The fourth-order valence-corrected chi connectivity index (χ4v) is 4.61. The fourth-order valence-electron chi connectivity index (χ4n) is 4.48. The molecule has 2 aromatic rings. The van der Waals surface area contributed by atoms with Gasteiger partial charge in [0.25, 0.3) is 0 Å². The van der Waals surface area contributed by atoms with Crippen molar-refractivity contribution in [3.05, 3.63) is 52.4 Å². The summed E-state index contributed by atoms with van der Waals surface area (Å²) in [6.07, 6.45) is 3.87. The Balaban J connectivity index is 1.46. The first-order valence-corrected chi connectivity index (χ1v) is 10.7. The van der Waals surface area contributed by atoms with E-state index in [4.69, 9.17) is 11.6 Å². The van der Waals surface area contributed by atoms with Gasteiger partial charge in [-0.2, -0.15) is 0 Å². The van der Waals surface area contributed by atoms with Crippen LogP contribution >= 0.6 is 11.6 Å². The standard InChI is InChI=1S/C22H28ClN5O/c1-15-3-8-19-20(15)21(26-14-25-19)27-9-11-28(12-10-27)22(29)18(13-24-2)16-4-6-17(23)7-5-16/h4-7,14-15,18,24H,3,8-13H2,1-2H3/t15-,18-/m1/s1. The molecule has 2 heterocycles. The molecule has 7 heteroatoms. The molecule has 0 unspecified atom stereocenters. The summed E-state index contributed by atoms with van der Waals surface area (Å²) in [5.74, 6) is 1.54. The highest BCUT2D eigenvalue weighted by molar-refractivity contribution is 6.30. The van der Waals surface area contributed by atoms with Crippen LogP contribution in [0.25, 0.3) is 0 Å². The number of nitrogens with one attached hydrogen (secondary N) is 1. The lowest BCUT2D eigenvalue weighted by molar-refractivity contribution is -0.133. The average Bonchev–Trinajstić information content (AvgIpc) is 3.14. The van der Waals surface area contributed by atoms with Crippen molar-refractivity contribution in [2.45, 2.75) is 31.6 Å². The first kappa shape index (κ1) is 20.1. The minimum absolute atomic E-state index is 0.169. The molecule has 1 aromatic carbocycles. The van der Waals surface area contributed by atoms with Crippen molar-refractivity contribution >= 4 is 23.3 Å². The third-order valence-corrected chi connectivity index (χ3v) is 6.37. The molecule has 0 spiro atoms. The molecule has 0 bridgehead atoms. The highest BCUT2D eigenvalue weighted by Crippen LogP contribution is 2.37. The number of amides is 1. The van der Waals surface area contributed by atoms with E-state index < -0.39 is 0 Å². The highest BCUT2D eigenvalue weighted by Gasteiger charge is 2.31. The number of benzene rings is 1. The van der Waals surface area contributed by atoms with Crippen molar-refractivity contribution in [1.29, 1.82) is 0 Å². The Labute approximate surface area is 177 Å². The van der Waals surface area contributed by atoms with Crippen LogP contribution in [0.15, 0.2) is 30.6 Å². The summed E-state index contributed by atoms with van der Waals surface area (Å²) in [4.78, 5) is 26.6. The lowest BCUT2D eigenvalue weighted by atomic mass is 9.97. The van der Waals surface area contributed by atoms with Gasteiger partial charge in [-0.05, 0) is 43.5 Å². The zero-order valence-corrected chi connectivity index (χ0v) is 17.8. The van der Waals surface area contributed by atoms with Gasteiger partial charge in [0.2, 0.25) is 5.91 Å². The van der Waals surface area contributed by atoms with Crippen LogP contribution in [0.2, 0.25) is 5.02 Å². The molecule has 1 fully saturated rings. The summed E-state index contributed by atoms with van der Waals surface area (Å²) in [6, 6.07) is 7.59. The molecule has 6 nitrogen and oxygen atoms in total. The van der Waals surface area contributed by atoms with E-state index in [0.717, 1.165) is 37.3 Å². The maximum Gasteiger partial charge on any atom is 0.231 e. The maximum absolute atomic E-state index is 13.3. The fraction of sp³-hybridized carbons (Fsp3) is 0.500. The lowest BCUT2D eigenvalue weighted by Gasteiger charge is -2.38. The number of likely N-dealkylation sites (N-methyl/N-ethyl adjacent to an activating group) is 1. The van der Waals surface area contributed by atoms with E-state index in [2.05, 4.69) is 27.1 Å². The van der Waals surface area contributed by atoms with Crippen molar-refractivity contribution in [2.24, 2.45) is 0 Å². The van der Waals surface area contributed by atoms with Crippen LogP contribution in [0.5, 0.6) is 0 Å². The number of aromatic nitrogens is 2. The number of anilines is 1. The van der Waals surface area contributed by atoms with Crippen molar-refractivity contribution < 1.29 is 4.79 Å². The molecule has 2 atom stereocenters. The minimum atomic E-state index is -0.202. The molecule has 1 aromatic heterocycles. The van der Waals surface area contributed by atoms with Crippen molar-refractivity contribution in [3.63, 3.8) is 0 Å². The second-order valence-corrected chi connectivity index (χ2v) is 8.41. The third-order valence-electron chi connectivity index (χ3n) is 6.12. The van der Waals surface area contributed by atoms with Gasteiger partial charge in [0.15, 0.2) is 0 Å². The van der Waals surface area contributed by atoms with E-state index in [1.54, 1.807) is 6.33 Å². The highest BCUT2D eigenvalue weighted by atomic mass is 35.5. The Morgan fingerprint density at radius 1 is 1.21 bits per heavy atom. The zero-order chi connectivity index (χ0) is 20.4. The van der Waals surface area contributed by atoms with E-state index >= 15 is 0 Å². The summed E-state index contributed by atoms with van der Waals surface area (Å²) in [7, 11) is 1.88. The predicted octanol–water partition coefficient (Wildman–Crippen LogP) is 2.83. The summed E-state index contributed by atoms with van der Waals surface area (Å²) in [6.45, 7) is 5.88. The third kappa shape index (κ3) is 4.09. The second-order valence-electron chi connectivity index (χ2n) is 7.97. The number of rotatable bonds is 5. The molecular formula is C22H28ClN5O. The summed E-state index contributed by atoms with van der Waals surface area (Å²) in [5, 5.41) is 3.85. The van der Waals surface area contributed by atoms with Gasteiger partial charge in [-0.15, -0.1) is 0 Å². The van der Waals surface area contributed by atoms with Crippen molar-refractivity contribution in [3.8, 4) is 0 Å². The first-order chi connectivity index (χ1) is 14.1. The molecule has 29 heavy (non-hydrogen) atoms. The van der Waals surface area contributed by atoms with Crippen LogP contribution in [0.4, 0.5) is 5.82 Å². The first-order valence-electron chi connectivity index (χ1n) is 10.4. The van der Waals surface area contributed by atoms with Gasteiger partial charge in [0.05, 0.1) is 5.92 Å². The number of hydrogen-bond donors (Lipinski definition) is 1. The van der Waals surface area contributed by atoms with Crippen LogP contribution in [-0.4, -0.2) is 60.5 Å². The molecule has 1 N–H and O–H groups in total. The van der Waals surface area contributed by atoms with Gasteiger partial charge < -0.3 is 15.1 Å². The maximum atomic E-state index is 13.3. The van der Waals surface area contributed by atoms with E-state index in [9.17, 15) is 4.79 Å². The summed E-state index contributed by atoms with van der Waals surface area (Å²) < 4.78 is 0. The number of carbonyl (C=O) groups is 1. The van der Waals surface area contributed by atoms with Gasteiger partial charge in [-0.25, -0.2) is 9.97 Å². The molecular weight excluding hydrogens is 386 g/mol. The molecule has 0 saturated carbocycles. The Kier molecular flexibility index (Phi) is 6.01. The van der Waals surface area contributed by atoms with Crippen LogP contribution in [0.3, 0.4) is 0 Å². The summed E-state index contributed by atoms with van der Waals surface area (Å²) in [5.41, 5.74) is 3.50. The second kappa shape index (κ2) is 8.67. The minimum Gasteiger partial charge on any atom is -0.353 e. The molecule has 1 saturated heterocycles. The Bertz CT molecular complexity index is 864. The van der Waals surface area contributed by atoms with Crippen molar-refractivity contribution in [2.75, 3.05) is 44.7 Å². The quantitative estimate of drug-likeness (QED) is 0.816. The predicted molar refractivity (Wildman–Crippen MR) is 116 cm³/mol. The number of carbonyl (C=O) groups excluding carboxylic acids is 1. The van der Waals surface area contributed by atoms with Gasteiger partial charge in [-0.3, -0.25) is 4.79 Å². The van der Waals surface area contributed by atoms with Crippen LogP contribution in [0, 0.1) is 0 Å². The van der Waals surface area contributed by atoms with Gasteiger partial charge in [0, 0.05) is 49.0 Å². The largest absolute Gasteiger partial charge is 0.353 e. The topological polar surface area (TPSA) is 61.4 Å². The number of nitrogens with zero attached hydrogens (tertiary/aromatic N) is 4. The van der Waals surface area contributed by atoms with Crippen molar-refractivity contribution in [1.82, 2.24) is 20.2 Å². The van der Waals surface area contributed by atoms with E-state index in [1.807, 2.05) is 36.2 Å². The van der Waals surface area contributed by atoms with Crippen LogP contribution < -0.4 is 10.2 Å². The Morgan fingerprint density at radius 3 is 2.62 bits per heavy atom. The zero-order valence-electron chi connectivity index (χ0n) is 17.1. The molecule has 1 aliphatic carbocycles. The monoisotopic (exact) mass is 413 g/mol. The Morgan fingerprint density at radius 2 is 1.93 bits per heavy atom. The number of piperazine rings is 1.